The lowest BCUT2D eigenvalue weighted by Crippen LogP contribution is -2.46. The Labute approximate surface area is 126 Å². The summed E-state index contributed by atoms with van der Waals surface area (Å²) in [4.78, 5) is 12.2. The number of fused-ring (bicyclic) bond motifs is 1. The Kier molecular flexibility index (Phi) is 4.88. The Morgan fingerprint density at radius 2 is 2.24 bits per heavy atom. The van der Waals surface area contributed by atoms with E-state index in [4.69, 9.17) is 4.74 Å². The number of methoxy groups -OCH3 is 1. The molecule has 2 rings (SSSR count). The molecule has 0 spiro atoms. The van der Waals surface area contributed by atoms with Crippen molar-refractivity contribution < 1.29 is 14.6 Å². The fraction of sp³-hybridized carbons (Fsp3) is 0.588. The molecular formula is C17H25NO3. The van der Waals surface area contributed by atoms with Gasteiger partial charge in [0.1, 0.15) is 5.75 Å². The van der Waals surface area contributed by atoms with Crippen molar-refractivity contribution in [1.82, 2.24) is 5.32 Å². The van der Waals surface area contributed by atoms with Gasteiger partial charge in [0, 0.05) is 6.42 Å². The first-order valence-electron chi connectivity index (χ1n) is 7.54. The second-order valence-corrected chi connectivity index (χ2v) is 6.45. The van der Waals surface area contributed by atoms with Gasteiger partial charge < -0.3 is 15.2 Å². The van der Waals surface area contributed by atoms with Gasteiger partial charge in [-0.2, -0.15) is 0 Å². The summed E-state index contributed by atoms with van der Waals surface area (Å²) in [6.07, 6.45) is 3.66. The summed E-state index contributed by atoms with van der Waals surface area (Å²) < 4.78 is 5.27. The van der Waals surface area contributed by atoms with Gasteiger partial charge in [0.25, 0.3) is 0 Å². The molecule has 1 aromatic rings. The molecule has 0 aliphatic heterocycles. The van der Waals surface area contributed by atoms with Gasteiger partial charge in [0.15, 0.2) is 0 Å². The van der Waals surface area contributed by atoms with Gasteiger partial charge in [-0.15, -0.1) is 0 Å². The molecule has 4 heteroatoms. The summed E-state index contributed by atoms with van der Waals surface area (Å²) in [5.41, 5.74) is 1.99. The van der Waals surface area contributed by atoms with E-state index in [1.165, 1.54) is 11.1 Å². The highest BCUT2D eigenvalue weighted by molar-refractivity contribution is 5.77. The SMILES string of the molecule is COc1ccc2c(c1)CCCC2CC(=O)NC(C)(C)CO. The number of amides is 1. The van der Waals surface area contributed by atoms with Crippen molar-refractivity contribution in [2.75, 3.05) is 13.7 Å². The standard InChI is InChI=1S/C17H25NO3/c1-17(2,11-19)18-16(20)10-13-6-4-5-12-9-14(21-3)7-8-15(12)13/h7-9,13,19H,4-6,10-11H2,1-3H3,(H,18,20). The number of aryl methyl sites for hydroxylation is 1. The number of aliphatic hydroxyl groups is 1. The maximum absolute atomic E-state index is 12.2. The number of hydrogen-bond donors (Lipinski definition) is 2. The Morgan fingerprint density at radius 3 is 2.90 bits per heavy atom. The van der Waals surface area contributed by atoms with Gasteiger partial charge in [0.2, 0.25) is 5.91 Å². The molecule has 21 heavy (non-hydrogen) atoms. The van der Waals surface area contributed by atoms with Gasteiger partial charge >= 0.3 is 0 Å². The van der Waals surface area contributed by atoms with Crippen molar-refractivity contribution in [3.05, 3.63) is 29.3 Å². The second kappa shape index (κ2) is 6.48. The van der Waals surface area contributed by atoms with Crippen LogP contribution < -0.4 is 10.1 Å². The Hall–Kier alpha value is -1.55. The van der Waals surface area contributed by atoms with Crippen LogP contribution in [0, 0.1) is 0 Å². The number of nitrogens with one attached hydrogen (secondary N) is 1. The van der Waals surface area contributed by atoms with Crippen LogP contribution in [-0.4, -0.2) is 30.3 Å². The highest BCUT2D eigenvalue weighted by atomic mass is 16.5. The number of rotatable bonds is 5. The molecule has 0 aromatic heterocycles. The number of ether oxygens (including phenoxy) is 1. The number of hydrogen-bond acceptors (Lipinski definition) is 3. The predicted octanol–water partition coefficient (Wildman–Crippen LogP) is 2.39. The first-order chi connectivity index (χ1) is 9.95. The summed E-state index contributed by atoms with van der Waals surface area (Å²) in [6, 6.07) is 6.13. The quantitative estimate of drug-likeness (QED) is 0.876. The summed E-state index contributed by atoms with van der Waals surface area (Å²) in [6.45, 7) is 3.59. The zero-order valence-electron chi connectivity index (χ0n) is 13.1. The summed E-state index contributed by atoms with van der Waals surface area (Å²) in [5.74, 6) is 1.14. The van der Waals surface area contributed by atoms with Crippen LogP contribution in [-0.2, 0) is 11.2 Å². The molecule has 0 fully saturated rings. The number of benzene rings is 1. The van der Waals surface area contributed by atoms with Crippen molar-refractivity contribution in [2.24, 2.45) is 0 Å². The molecular weight excluding hydrogens is 266 g/mol. The average Bonchev–Trinajstić information content (AvgIpc) is 2.46. The van der Waals surface area contributed by atoms with Crippen molar-refractivity contribution in [3.8, 4) is 5.75 Å². The summed E-state index contributed by atoms with van der Waals surface area (Å²) in [7, 11) is 1.67. The van der Waals surface area contributed by atoms with E-state index in [9.17, 15) is 9.90 Å². The maximum atomic E-state index is 12.2. The number of carbonyl (C=O) groups is 1. The summed E-state index contributed by atoms with van der Waals surface area (Å²) >= 11 is 0. The smallest absolute Gasteiger partial charge is 0.221 e. The summed E-state index contributed by atoms with van der Waals surface area (Å²) in [5, 5.41) is 12.1. The third-order valence-corrected chi connectivity index (χ3v) is 4.09. The van der Waals surface area contributed by atoms with Crippen LogP contribution in [0.5, 0.6) is 5.75 Å². The molecule has 1 atom stereocenters. The Morgan fingerprint density at radius 1 is 1.48 bits per heavy atom. The monoisotopic (exact) mass is 291 g/mol. The van der Waals surface area contributed by atoms with Gasteiger partial charge in [-0.3, -0.25) is 4.79 Å². The second-order valence-electron chi connectivity index (χ2n) is 6.45. The first kappa shape index (κ1) is 15.8. The molecule has 1 aliphatic carbocycles. The number of aliphatic hydroxyl groups excluding tert-OH is 1. The maximum Gasteiger partial charge on any atom is 0.221 e. The van der Waals surface area contributed by atoms with Crippen LogP contribution in [0.3, 0.4) is 0 Å². The Balaban J connectivity index is 2.08. The van der Waals surface area contributed by atoms with Gasteiger partial charge in [-0.05, 0) is 62.3 Å². The largest absolute Gasteiger partial charge is 0.497 e. The highest BCUT2D eigenvalue weighted by Gasteiger charge is 2.25. The molecule has 1 aromatic carbocycles. The third kappa shape index (κ3) is 3.97. The minimum Gasteiger partial charge on any atom is -0.497 e. The molecule has 2 N–H and O–H groups in total. The van der Waals surface area contributed by atoms with Crippen molar-refractivity contribution in [2.45, 2.75) is 51.0 Å². The minimum atomic E-state index is -0.561. The van der Waals surface area contributed by atoms with Crippen molar-refractivity contribution >= 4 is 5.91 Å². The fourth-order valence-electron chi connectivity index (χ4n) is 2.92. The first-order valence-corrected chi connectivity index (χ1v) is 7.54. The Bertz CT molecular complexity index is 511. The molecule has 0 heterocycles. The van der Waals surface area contributed by atoms with E-state index < -0.39 is 5.54 Å². The van der Waals surface area contributed by atoms with Crippen molar-refractivity contribution in [3.63, 3.8) is 0 Å². The zero-order chi connectivity index (χ0) is 15.5. The molecule has 0 bridgehead atoms. The highest BCUT2D eigenvalue weighted by Crippen LogP contribution is 2.35. The molecule has 0 saturated carbocycles. The number of carbonyl (C=O) groups excluding carboxylic acids is 1. The van der Waals surface area contributed by atoms with Crippen LogP contribution in [0.4, 0.5) is 0 Å². The van der Waals surface area contributed by atoms with Gasteiger partial charge in [-0.1, -0.05) is 6.07 Å². The van der Waals surface area contributed by atoms with E-state index in [0.29, 0.717) is 6.42 Å². The molecule has 1 unspecified atom stereocenters. The lowest BCUT2D eigenvalue weighted by atomic mass is 9.80. The lowest BCUT2D eigenvalue weighted by molar-refractivity contribution is -0.123. The predicted molar refractivity (Wildman–Crippen MR) is 82.6 cm³/mol. The van der Waals surface area contributed by atoms with E-state index in [1.54, 1.807) is 7.11 Å². The fourth-order valence-corrected chi connectivity index (χ4v) is 2.92. The zero-order valence-corrected chi connectivity index (χ0v) is 13.1. The van der Waals surface area contributed by atoms with Gasteiger partial charge in [-0.25, -0.2) is 0 Å². The minimum absolute atomic E-state index is 0.00252. The molecule has 1 aliphatic rings. The van der Waals surface area contributed by atoms with E-state index in [2.05, 4.69) is 17.4 Å². The molecule has 0 radical (unpaired) electrons. The third-order valence-electron chi connectivity index (χ3n) is 4.09. The molecule has 4 nitrogen and oxygen atoms in total. The van der Waals surface area contributed by atoms with Crippen LogP contribution in [0.25, 0.3) is 0 Å². The van der Waals surface area contributed by atoms with Crippen LogP contribution in [0.1, 0.15) is 50.2 Å². The lowest BCUT2D eigenvalue weighted by Gasteiger charge is -2.28. The van der Waals surface area contributed by atoms with E-state index in [1.807, 2.05) is 19.9 Å². The topological polar surface area (TPSA) is 58.6 Å². The van der Waals surface area contributed by atoms with E-state index >= 15 is 0 Å². The average molecular weight is 291 g/mol. The molecule has 116 valence electrons. The molecule has 0 saturated heterocycles. The van der Waals surface area contributed by atoms with Crippen LogP contribution >= 0.6 is 0 Å². The van der Waals surface area contributed by atoms with E-state index in [-0.39, 0.29) is 18.4 Å². The normalized spacial score (nSPS) is 18.0. The van der Waals surface area contributed by atoms with E-state index in [0.717, 1.165) is 25.0 Å². The van der Waals surface area contributed by atoms with Crippen LogP contribution in [0.2, 0.25) is 0 Å². The molecule has 1 amide bonds. The van der Waals surface area contributed by atoms with Crippen molar-refractivity contribution in [1.29, 1.82) is 0 Å². The van der Waals surface area contributed by atoms with Crippen LogP contribution in [0.15, 0.2) is 18.2 Å². The van der Waals surface area contributed by atoms with Gasteiger partial charge in [0.05, 0.1) is 19.3 Å².